The number of carbonyl (C=O) groups is 1. The maximum absolute atomic E-state index is 12.8. The Morgan fingerprint density at radius 2 is 1.63 bits per heavy atom. The average Bonchev–Trinajstić information content (AvgIpc) is 2.84. The highest BCUT2D eigenvalue weighted by Crippen LogP contribution is 2.32. The number of hydrogen-bond acceptors (Lipinski definition) is 4. The van der Waals surface area contributed by atoms with Crippen LogP contribution in [0.2, 0.25) is 0 Å². The Bertz CT molecular complexity index is 575. The van der Waals surface area contributed by atoms with Crippen LogP contribution in [0, 0.1) is 0 Å². The van der Waals surface area contributed by atoms with Crippen LogP contribution < -0.4 is 5.32 Å². The number of benzene rings is 1. The van der Waals surface area contributed by atoms with Crippen LogP contribution in [-0.4, -0.2) is 66.7 Å². The van der Waals surface area contributed by atoms with Crippen molar-refractivity contribution in [3.8, 4) is 0 Å². The van der Waals surface area contributed by atoms with E-state index in [-0.39, 0.29) is 12.5 Å². The average molecular weight is 376 g/mol. The number of rotatable bonds is 8. The zero-order chi connectivity index (χ0) is 19.8. The lowest BCUT2D eigenvalue weighted by molar-refractivity contribution is -0.117. The fraction of sp³-hybridized carbons (Fsp3) is 0.682. The van der Waals surface area contributed by atoms with Gasteiger partial charge in [0.25, 0.3) is 0 Å². The highest BCUT2D eigenvalue weighted by atomic mass is 16.3. The summed E-state index contributed by atoms with van der Waals surface area (Å²) in [7, 11) is 0. The zero-order valence-electron chi connectivity index (χ0n) is 17.5. The number of aliphatic hydroxyl groups excluding tert-OH is 1. The van der Waals surface area contributed by atoms with Crippen LogP contribution in [0.3, 0.4) is 0 Å². The molecule has 0 bridgehead atoms. The summed E-state index contributed by atoms with van der Waals surface area (Å²) in [6, 6.07) is 6.34. The van der Waals surface area contributed by atoms with Crippen LogP contribution in [-0.2, 0) is 4.79 Å². The maximum Gasteiger partial charge on any atom is 0.238 e. The molecule has 152 valence electrons. The van der Waals surface area contributed by atoms with Gasteiger partial charge in [-0.3, -0.25) is 9.69 Å². The summed E-state index contributed by atoms with van der Waals surface area (Å²) in [5, 5.41) is 12.2. The number of anilines is 1. The van der Waals surface area contributed by atoms with Gasteiger partial charge < -0.3 is 15.3 Å². The standard InChI is InChI=1S/C22H37N3O2/c1-17(2)19-8-5-9-20(18(3)4)22(19)23-21(27)16-25-11-6-10-24(13-14-25)12-7-15-26/h5,8-9,17-18,26H,6-7,10-16H2,1-4H3,(H,23,27). The Labute approximate surface area is 164 Å². The highest BCUT2D eigenvalue weighted by Gasteiger charge is 2.19. The Hall–Kier alpha value is -1.43. The third-order valence-electron chi connectivity index (χ3n) is 5.32. The lowest BCUT2D eigenvalue weighted by Gasteiger charge is -2.23. The first-order chi connectivity index (χ1) is 12.9. The summed E-state index contributed by atoms with van der Waals surface area (Å²) in [4.78, 5) is 17.4. The predicted molar refractivity (Wildman–Crippen MR) is 112 cm³/mol. The van der Waals surface area contributed by atoms with Gasteiger partial charge in [-0.25, -0.2) is 0 Å². The molecule has 1 aromatic carbocycles. The summed E-state index contributed by atoms with van der Waals surface area (Å²) in [6.07, 6.45) is 1.89. The molecule has 1 heterocycles. The van der Waals surface area contributed by atoms with Crippen LogP contribution >= 0.6 is 0 Å². The normalized spacial score (nSPS) is 16.7. The molecule has 1 aliphatic rings. The van der Waals surface area contributed by atoms with Crippen LogP contribution in [0.1, 0.15) is 63.5 Å². The van der Waals surface area contributed by atoms with Crippen LogP contribution in [0.15, 0.2) is 18.2 Å². The molecular formula is C22H37N3O2. The Kier molecular flexibility index (Phi) is 8.74. The Morgan fingerprint density at radius 3 is 2.22 bits per heavy atom. The highest BCUT2D eigenvalue weighted by molar-refractivity contribution is 5.94. The summed E-state index contributed by atoms with van der Waals surface area (Å²) in [5.41, 5.74) is 3.42. The van der Waals surface area contributed by atoms with Gasteiger partial charge in [0, 0.05) is 31.9 Å². The second-order valence-electron chi connectivity index (χ2n) is 8.22. The van der Waals surface area contributed by atoms with Crippen molar-refractivity contribution in [2.45, 2.75) is 52.4 Å². The molecule has 0 spiro atoms. The van der Waals surface area contributed by atoms with E-state index in [2.05, 4.69) is 61.0 Å². The molecule has 0 aromatic heterocycles. The number of amides is 1. The maximum atomic E-state index is 12.8. The van der Waals surface area contributed by atoms with Crippen LogP contribution in [0.5, 0.6) is 0 Å². The van der Waals surface area contributed by atoms with Gasteiger partial charge in [0.05, 0.1) is 6.54 Å². The van der Waals surface area contributed by atoms with E-state index < -0.39 is 0 Å². The minimum atomic E-state index is 0.0776. The summed E-state index contributed by atoms with van der Waals surface area (Å²) in [6.45, 7) is 14.2. The molecule has 1 aromatic rings. The van der Waals surface area contributed by atoms with Crippen molar-refractivity contribution >= 4 is 11.6 Å². The number of carbonyl (C=O) groups excluding carboxylic acids is 1. The molecule has 1 saturated heterocycles. The molecule has 0 aliphatic carbocycles. The van der Waals surface area contributed by atoms with E-state index in [1.807, 2.05) is 0 Å². The van der Waals surface area contributed by atoms with Gasteiger partial charge >= 0.3 is 0 Å². The summed E-state index contributed by atoms with van der Waals surface area (Å²) < 4.78 is 0. The third kappa shape index (κ3) is 6.59. The first kappa shape index (κ1) is 21.9. The quantitative estimate of drug-likeness (QED) is 0.732. The minimum Gasteiger partial charge on any atom is -0.396 e. The van der Waals surface area contributed by atoms with Crippen molar-refractivity contribution < 1.29 is 9.90 Å². The summed E-state index contributed by atoms with van der Waals surface area (Å²) >= 11 is 0. The second-order valence-corrected chi connectivity index (χ2v) is 8.22. The van der Waals surface area contributed by atoms with Gasteiger partial charge in [-0.1, -0.05) is 45.9 Å². The van der Waals surface area contributed by atoms with Gasteiger partial charge in [0.2, 0.25) is 5.91 Å². The molecule has 2 rings (SSSR count). The second kappa shape index (κ2) is 10.8. The van der Waals surface area contributed by atoms with E-state index in [9.17, 15) is 4.79 Å². The molecule has 1 fully saturated rings. The third-order valence-corrected chi connectivity index (χ3v) is 5.32. The molecule has 1 amide bonds. The Balaban J connectivity index is 1.99. The topological polar surface area (TPSA) is 55.8 Å². The summed E-state index contributed by atoms with van der Waals surface area (Å²) in [5.74, 6) is 0.823. The van der Waals surface area contributed by atoms with E-state index in [0.29, 0.717) is 18.4 Å². The van der Waals surface area contributed by atoms with Crippen molar-refractivity contribution in [1.29, 1.82) is 0 Å². The van der Waals surface area contributed by atoms with Gasteiger partial charge in [0.15, 0.2) is 0 Å². The van der Waals surface area contributed by atoms with E-state index >= 15 is 0 Å². The largest absolute Gasteiger partial charge is 0.396 e. The molecule has 0 unspecified atom stereocenters. The Morgan fingerprint density at radius 1 is 1.04 bits per heavy atom. The smallest absolute Gasteiger partial charge is 0.238 e. The number of aliphatic hydroxyl groups is 1. The van der Waals surface area contributed by atoms with Crippen molar-refractivity contribution in [3.63, 3.8) is 0 Å². The minimum absolute atomic E-state index is 0.0776. The van der Waals surface area contributed by atoms with Gasteiger partial charge in [-0.2, -0.15) is 0 Å². The molecule has 0 atom stereocenters. The monoisotopic (exact) mass is 375 g/mol. The van der Waals surface area contributed by atoms with Crippen molar-refractivity contribution in [2.75, 3.05) is 51.2 Å². The van der Waals surface area contributed by atoms with Gasteiger partial charge in [-0.05, 0) is 48.9 Å². The molecule has 5 nitrogen and oxygen atoms in total. The van der Waals surface area contributed by atoms with E-state index in [0.717, 1.165) is 51.3 Å². The van der Waals surface area contributed by atoms with Crippen molar-refractivity contribution in [1.82, 2.24) is 9.80 Å². The van der Waals surface area contributed by atoms with Gasteiger partial charge in [-0.15, -0.1) is 0 Å². The van der Waals surface area contributed by atoms with Gasteiger partial charge in [0.1, 0.15) is 0 Å². The fourth-order valence-electron chi connectivity index (χ4n) is 3.78. The first-order valence-corrected chi connectivity index (χ1v) is 10.4. The zero-order valence-corrected chi connectivity index (χ0v) is 17.5. The molecular weight excluding hydrogens is 338 g/mol. The lowest BCUT2D eigenvalue weighted by atomic mass is 9.92. The molecule has 5 heteroatoms. The van der Waals surface area contributed by atoms with E-state index in [1.165, 1.54) is 11.1 Å². The molecule has 27 heavy (non-hydrogen) atoms. The van der Waals surface area contributed by atoms with E-state index in [4.69, 9.17) is 5.11 Å². The van der Waals surface area contributed by atoms with Crippen molar-refractivity contribution in [3.05, 3.63) is 29.3 Å². The number of hydrogen-bond donors (Lipinski definition) is 2. The number of para-hydroxylation sites is 1. The van der Waals surface area contributed by atoms with Crippen LogP contribution in [0.4, 0.5) is 5.69 Å². The van der Waals surface area contributed by atoms with Crippen molar-refractivity contribution in [2.24, 2.45) is 0 Å². The molecule has 1 aliphatic heterocycles. The number of nitrogens with zero attached hydrogens (tertiary/aromatic N) is 2. The van der Waals surface area contributed by atoms with E-state index in [1.54, 1.807) is 0 Å². The SMILES string of the molecule is CC(C)c1cccc(C(C)C)c1NC(=O)CN1CCCN(CCCO)CC1. The number of nitrogens with one attached hydrogen (secondary N) is 1. The first-order valence-electron chi connectivity index (χ1n) is 10.4. The fourth-order valence-corrected chi connectivity index (χ4v) is 3.78. The predicted octanol–water partition coefficient (Wildman–Crippen LogP) is 3.26. The molecule has 0 saturated carbocycles. The lowest BCUT2D eigenvalue weighted by Crippen LogP contribution is -2.37. The van der Waals surface area contributed by atoms with Crippen LogP contribution in [0.25, 0.3) is 0 Å². The molecule has 0 radical (unpaired) electrons. The molecule has 2 N–H and O–H groups in total.